The minimum atomic E-state index is -0.542. The van der Waals surface area contributed by atoms with Gasteiger partial charge < -0.3 is 15.5 Å². The Morgan fingerprint density at radius 2 is 1.57 bits per heavy atom. The van der Waals surface area contributed by atoms with Crippen LogP contribution in [-0.4, -0.2) is 54.0 Å². The van der Waals surface area contributed by atoms with E-state index in [1.807, 2.05) is 0 Å². The van der Waals surface area contributed by atoms with E-state index >= 15 is 0 Å². The molecule has 2 saturated heterocycles. The molecule has 2 heterocycles. The van der Waals surface area contributed by atoms with Gasteiger partial charge in [-0.1, -0.05) is 19.3 Å². The van der Waals surface area contributed by atoms with Crippen LogP contribution in [0.25, 0.3) is 0 Å². The summed E-state index contributed by atoms with van der Waals surface area (Å²) in [5.74, 6) is 1.02. The maximum Gasteiger partial charge on any atom is 0.242 e. The Morgan fingerprint density at radius 1 is 0.952 bits per heavy atom. The summed E-state index contributed by atoms with van der Waals surface area (Å²) in [5.41, 5.74) is 5.86. The van der Waals surface area contributed by atoms with Crippen LogP contribution in [0.15, 0.2) is 0 Å². The largest absolute Gasteiger partial charge is 0.341 e. The molecule has 0 unspecified atom stereocenters. The molecule has 0 aromatic heterocycles. The lowest BCUT2D eigenvalue weighted by atomic mass is 9.81. The van der Waals surface area contributed by atoms with E-state index in [0.29, 0.717) is 0 Å². The monoisotopic (exact) mass is 293 g/mol. The first-order valence-electron chi connectivity index (χ1n) is 8.98. The molecule has 0 radical (unpaired) electrons. The summed E-state index contributed by atoms with van der Waals surface area (Å²) in [5, 5.41) is 0. The number of hydrogen-bond donors (Lipinski definition) is 1. The van der Waals surface area contributed by atoms with E-state index in [1.54, 1.807) is 0 Å². The van der Waals surface area contributed by atoms with E-state index in [1.165, 1.54) is 51.7 Å². The molecular weight excluding hydrogens is 262 g/mol. The quantitative estimate of drug-likeness (QED) is 0.865. The van der Waals surface area contributed by atoms with Crippen LogP contribution >= 0.6 is 0 Å². The van der Waals surface area contributed by atoms with Crippen molar-refractivity contribution < 1.29 is 4.79 Å². The normalized spacial score (nSPS) is 28.0. The Morgan fingerprint density at radius 3 is 2.19 bits per heavy atom. The van der Waals surface area contributed by atoms with Gasteiger partial charge in [0.05, 0.1) is 5.54 Å². The van der Waals surface area contributed by atoms with Crippen molar-refractivity contribution in [2.24, 2.45) is 11.7 Å². The molecule has 3 rings (SSSR count). The molecule has 21 heavy (non-hydrogen) atoms. The molecule has 4 nitrogen and oxygen atoms in total. The van der Waals surface area contributed by atoms with Crippen molar-refractivity contribution in [3.63, 3.8) is 0 Å². The lowest BCUT2D eigenvalue weighted by molar-refractivity contribution is -0.139. The van der Waals surface area contributed by atoms with Crippen LogP contribution in [0, 0.1) is 5.92 Å². The number of likely N-dealkylation sites (tertiary alicyclic amines) is 2. The SMILES string of the molecule is NC1(C(=O)N2CCC(CN3CCCC3)CC2)CCCCC1. The lowest BCUT2D eigenvalue weighted by Crippen LogP contribution is -2.57. The van der Waals surface area contributed by atoms with Gasteiger partial charge in [0.1, 0.15) is 0 Å². The second-order valence-electron chi connectivity index (χ2n) is 7.46. The zero-order valence-corrected chi connectivity index (χ0v) is 13.4. The molecule has 0 atom stereocenters. The van der Waals surface area contributed by atoms with Crippen molar-refractivity contribution in [2.45, 2.75) is 63.3 Å². The minimum absolute atomic E-state index is 0.238. The second-order valence-corrected chi connectivity index (χ2v) is 7.46. The first-order valence-corrected chi connectivity index (χ1v) is 8.98. The zero-order valence-electron chi connectivity index (χ0n) is 13.4. The maximum absolute atomic E-state index is 12.7. The maximum atomic E-state index is 12.7. The van der Waals surface area contributed by atoms with Gasteiger partial charge in [-0.05, 0) is 57.5 Å². The van der Waals surface area contributed by atoms with Crippen molar-refractivity contribution >= 4 is 5.91 Å². The third kappa shape index (κ3) is 3.59. The van der Waals surface area contributed by atoms with Gasteiger partial charge in [-0.3, -0.25) is 4.79 Å². The zero-order chi connectivity index (χ0) is 14.7. The number of nitrogens with zero attached hydrogens (tertiary/aromatic N) is 2. The molecule has 1 saturated carbocycles. The third-order valence-corrected chi connectivity index (χ3v) is 5.79. The molecule has 3 aliphatic rings. The Hall–Kier alpha value is -0.610. The smallest absolute Gasteiger partial charge is 0.242 e. The van der Waals surface area contributed by atoms with E-state index in [9.17, 15) is 4.79 Å². The van der Waals surface area contributed by atoms with Gasteiger partial charge in [0.15, 0.2) is 0 Å². The highest BCUT2D eigenvalue weighted by atomic mass is 16.2. The lowest BCUT2D eigenvalue weighted by Gasteiger charge is -2.40. The van der Waals surface area contributed by atoms with Gasteiger partial charge in [-0.2, -0.15) is 0 Å². The average molecular weight is 293 g/mol. The van der Waals surface area contributed by atoms with Crippen LogP contribution in [0.4, 0.5) is 0 Å². The topological polar surface area (TPSA) is 49.6 Å². The molecule has 120 valence electrons. The van der Waals surface area contributed by atoms with E-state index in [0.717, 1.165) is 44.7 Å². The Bertz CT molecular complexity index is 351. The molecule has 1 aliphatic carbocycles. The van der Waals surface area contributed by atoms with Crippen molar-refractivity contribution in [1.82, 2.24) is 9.80 Å². The summed E-state index contributed by atoms with van der Waals surface area (Å²) in [6.45, 7) is 5.67. The number of piperidine rings is 1. The number of carbonyl (C=O) groups is 1. The molecular formula is C17H31N3O. The van der Waals surface area contributed by atoms with Crippen LogP contribution in [0.3, 0.4) is 0 Å². The van der Waals surface area contributed by atoms with Crippen LogP contribution in [0.2, 0.25) is 0 Å². The number of hydrogen-bond acceptors (Lipinski definition) is 3. The fourth-order valence-corrected chi connectivity index (χ4v) is 4.36. The molecule has 3 fully saturated rings. The van der Waals surface area contributed by atoms with Gasteiger partial charge in [-0.15, -0.1) is 0 Å². The van der Waals surface area contributed by atoms with Gasteiger partial charge in [0, 0.05) is 19.6 Å². The Kier molecular flexibility index (Phi) is 4.85. The minimum Gasteiger partial charge on any atom is -0.341 e. The first kappa shape index (κ1) is 15.3. The molecule has 4 heteroatoms. The van der Waals surface area contributed by atoms with Crippen LogP contribution < -0.4 is 5.73 Å². The second kappa shape index (κ2) is 6.66. The number of nitrogens with two attached hydrogens (primary N) is 1. The fraction of sp³-hybridized carbons (Fsp3) is 0.941. The molecule has 0 bridgehead atoms. The van der Waals surface area contributed by atoms with E-state index in [4.69, 9.17) is 5.73 Å². The van der Waals surface area contributed by atoms with Crippen molar-refractivity contribution in [3.8, 4) is 0 Å². The highest BCUT2D eigenvalue weighted by Gasteiger charge is 2.39. The van der Waals surface area contributed by atoms with Gasteiger partial charge in [-0.25, -0.2) is 0 Å². The standard InChI is InChI=1S/C17H31N3O/c18-17(8-2-1-3-9-17)16(21)20-12-6-15(7-13-20)14-19-10-4-5-11-19/h15H,1-14,18H2. The Labute approximate surface area is 129 Å². The summed E-state index contributed by atoms with van der Waals surface area (Å²) in [6, 6.07) is 0. The third-order valence-electron chi connectivity index (χ3n) is 5.79. The van der Waals surface area contributed by atoms with Crippen LogP contribution in [-0.2, 0) is 4.79 Å². The molecule has 0 aromatic rings. The summed E-state index contributed by atoms with van der Waals surface area (Å²) < 4.78 is 0. The highest BCUT2D eigenvalue weighted by molar-refractivity contribution is 5.86. The summed E-state index contributed by atoms with van der Waals surface area (Å²) >= 11 is 0. The van der Waals surface area contributed by atoms with Crippen molar-refractivity contribution in [2.75, 3.05) is 32.7 Å². The predicted octanol–water partition coefficient (Wildman–Crippen LogP) is 1.98. The predicted molar refractivity (Wildman–Crippen MR) is 85.0 cm³/mol. The molecule has 0 spiro atoms. The van der Waals surface area contributed by atoms with Gasteiger partial charge in [0.2, 0.25) is 5.91 Å². The molecule has 2 N–H and O–H groups in total. The van der Waals surface area contributed by atoms with Gasteiger partial charge in [0.25, 0.3) is 0 Å². The van der Waals surface area contributed by atoms with Gasteiger partial charge >= 0.3 is 0 Å². The molecule has 2 aliphatic heterocycles. The fourth-order valence-electron chi connectivity index (χ4n) is 4.36. The molecule has 1 amide bonds. The summed E-state index contributed by atoms with van der Waals surface area (Å²) in [7, 11) is 0. The summed E-state index contributed by atoms with van der Waals surface area (Å²) in [6.07, 6.45) is 10.3. The first-order chi connectivity index (χ1) is 10.2. The number of rotatable bonds is 3. The summed E-state index contributed by atoms with van der Waals surface area (Å²) in [4.78, 5) is 17.4. The number of carbonyl (C=O) groups excluding carboxylic acids is 1. The van der Waals surface area contributed by atoms with E-state index in [2.05, 4.69) is 9.80 Å². The Balaban J connectivity index is 1.47. The number of amides is 1. The highest BCUT2D eigenvalue weighted by Crippen LogP contribution is 2.29. The van der Waals surface area contributed by atoms with Crippen LogP contribution in [0.5, 0.6) is 0 Å². The van der Waals surface area contributed by atoms with Crippen LogP contribution in [0.1, 0.15) is 57.8 Å². The van der Waals surface area contributed by atoms with E-state index < -0.39 is 5.54 Å². The van der Waals surface area contributed by atoms with E-state index in [-0.39, 0.29) is 5.91 Å². The van der Waals surface area contributed by atoms with Crippen molar-refractivity contribution in [1.29, 1.82) is 0 Å². The van der Waals surface area contributed by atoms with Crippen molar-refractivity contribution in [3.05, 3.63) is 0 Å². The molecule has 0 aromatic carbocycles. The average Bonchev–Trinajstić information content (AvgIpc) is 3.01.